The van der Waals surface area contributed by atoms with Crippen molar-refractivity contribution in [2.24, 2.45) is 4.99 Å². The van der Waals surface area contributed by atoms with Crippen LogP contribution in [-0.4, -0.2) is 23.3 Å². The minimum Gasteiger partial charge on any atom is -0.489 e. The Morgan fingerprint density at radius 3 is 2.12 bits per heavy atom. The van der Waals surface area contributed by atoms with Crippen LogP contribution in [0.15, 0.2) is 121 Å². The molecule has 1 aliphatic rings. The Hall–Kier alpha value is -4.17. The summed E-state index contributed by atoms with van der Waals surface area (Å²) in [6.45, 7) is 1.76. The largest absolute Gasteiger partial charge is 0.489 e. The molecule has 0 N–H and O–H groups in total. The van der Waals surface area contributed by atoms with Gasteiger partial charge in [0.2, 0.25) is 0 Å². The van der Waals surface area contributed by atoms with Crippen molar-refractivity contribution in [3.8, 4) is 11.5 Å². The molecular formula is C37H26Br2ClF3N2O5S. The highest BCUT2D eigenvalue weighted by atomic mass is 79.9. The molecule has 7 nitrogen and oxygen atoms in total. The SMILES string of the molecule is CCOC(=O)C1=C(C(F)(F)F)N=c2s/c(=C/c3ccc(OCc4ccc(Br)cc4)cc3OCc3ccc(Br)cc3)c(=O)n2[C@H]1c1ccc(Cl)cc1. The van der Waals surface area contributed by atoms with Crippen LogP contribution in [0.2, 0.25) is 5.02 Å². The summed E-state index contributed by atoms with van der Waals surface area (Å²) in [6, 6.07) is 24.7. The van der Waals surface area contributed by atoms with Crippen molar-refractivity contribution in [1.82, 2.24) is 4.57 Å². The number of halogens is 6. The van der Waals surface area contributed by atoms with Gasteiger partial charge in [0.05, 0.1) is 22.8 Å². The first-order valence-electron chi connectivity index (χ1n) is 15.4. The van der Waals surface area contributed by atoms with Gasteiger partial charge in [0.15, 0.2) is 10.5 Å². The molecule has 0 saturated carbocycles. The molecule has 0 fully saturated rings. The Labute approximate surface area is 315 Å². The summed E-state index contributed by atoms with van der Waals surface area (Å²) in [4.78, 5) is 30.9. The first kappa shape index (κ1) is 36.6. The molecule has 14 heteroatoms. The normalized spacial score (nSPS) is 14.6. The van der Waals surface area contributed by atoms with Crippen molar-refractivity contribution in [2.75, 3.05) is 6.61 Å². The number of fused-ring (bicyclic) bond motifs is 1. The second kappa shape index (κ2) is 15.6. The molecule has 0 saturated heterocycles. The van der Waals surface area contributed by atoms with E-state index in [1.165, 1.54) is 37.3 Å². The van der Waals surface area contributed by atoms with E-state index in [9.17, 15) is 22.8 Å². The van der Waals surface area contributed by atoms with E-state index in [0.717, 1.165) is 36.0 Å². The number of alkyl halides is 3. The number of allylic oxidation sites excluding steroid dienone is 1. The van der Waals surface area contributed by atoms with Crippen LogP contribution in [0, 0.1) is 0 Å². The molecule has 262 valence electrons. The minimum absolute atomic E-state index is 0.0661. The maximum atomic E-state index is 14.5. The van der Waals surface area contributed by atoms with Crippen LogP contribution in [0.4, 0.5) is 13.2 Å². The molecule has 1 aromatic heterocycles. The Kier molecular flexibility index (Phi) is 11.2. The minimum atomic E-state index is -5.03. The quantitative estimate of drug-likeness (QED) is 0.132. The van der Waals surface area contributed by atoms with Crippen molar-refractivity contribution < 1.29 is 32.2 Å². The van der Waals surface area contributed by atoms with E-state index in [0.29, 0.717) is 22.1 Å². The third-order valence-corrected chi connectivity index (χ3v) is 9.97. The van der Waals surface area contributed by atoms with E-state index in [1.807, 2.05) is 48.5 Å². The Morgan fingerprint density at radius 2 is 1.53 bits per heavy atom. The third-order valence-electron chi connectivity index (χ3n) is 7.68. The Balaban J connectivity index is 1.46. The van der Waals surface area contributed by atoms with Gasteiger partial charge in [-0.05, 0) is 78.2 Å². The molecule has 1 aliphatic heterocycles. The van der Waals surface area contributed by atoms with Crippen LogP contribution in [0.1, 0.15) is 35.2 Å². The summed E-state index contributed by atoms with van der Waals surface area (Å²) in [6.07, 6.45) is -3.50. The number of esters is 1. The fraction of sp³-hybridized carbons (Fsp3) is 0.162. The van der Waals surface area contributed by atoms with Crippen LogP contribution in [0.3, 0.4) is 0 Å². The van der Waals surface area contributed by atoms with E-state index >= 15 is 0 Å². The van der Waals surface area contributed by atoms with Crippen molar-refractivity contribution in [3.63, 3.8) is 0 Å². The third kappa shape index (κ3) is 8.49. The van der Waals surface area contributed by atoms with Crippen LogP contribution >= 0.6 is 54.8 Å². The number of hydrogen-bond donors (Lipinski definition) is 0. The van der Waals surface area contributed by atoms with Gasteiger partial charge in [0.25, 0.3) is 5.56 Å². The number of thiazole rings is 1. The lowest BCUT2D eigenvalue weighted by molar-refractivity contribution is -0.140. The number of nitrogens with zero attached hydrogens (tertiary/aromatic N) is 2. The molecule has 0 amide bonds. The molecule has 4 aromatic carbocycles. The van der Waals surface area contributed by atoms with Gasteiger partial charge in [-0.3, -0.25) is 9.36 Å². The van der Waals surface area contributed by atoms with Crippen molar-refractivity contribution >= 4 is 66.8 Å². The van der Waals surface area contributed by atoms with Crippen LogP contribution in [0.5, 0.6) is 11.5 Å². The molecule has 0 unspecified atom stereocenters. The predicted octanol–water partition coefficient (Wildman–Crippen LogP) is 8.68. The summed E-state index contributed by atoms with van der Waals surface area (Å²) >= 11 is 13.7. The summed E-state index contributed by atoms with van der Waals surface area (Å²) in [7, 11) is 0. The molecular weight excluding hydrogens is 837 g/mol. The first-order chi connectivity index (χ1) is 24.4. The topological polar surface area (TPSA) is 79.1 Å². The highest BCUT2D eigenvalue weighted by Crippen LogP contribution is 2.38. The Bertz CT molecular complexity index is 2290. The van der Waals surface area contributed by atoms with Gasteiger partial charge in [-0.25, -0.2) is 9.79 Å². The second-order valence-electron chi connectivity index (χ2n) is 11.1. The van der Waals surface area contributed by atoms with Crippen molar-refractivity contribution in [1.29, 1.82) is 0 Å². The molecule has 6 rings (SSSR count). The maximum absolute atomic E-state index is 14.5. The van der Waals surface area contributed by atoms with Crippen LogP contribution < -0.4 is 24.4 Å². The van der Waals surface area contributed by atoms with E-state index < -0.39 is 35.0 Å². The van der Waals surface area contributed by atoms with Gasteiger partial charge in [-0.2, -0.15) is 13.2 Å². The number of carbonyl (C=O) groups excluding carboxylic acids is 1. The van der Waals surface area contributed by atoms with Crippen LogP contribution in [-0.2, 0) is 22.7 Å². The van der Waals surface area contributed by atoms with Crippen LogP contribution in [0.25, 0.3) is 6.08 Å². The van der Waals surface area contributed by atoms with Gasteiger partial charge in [0, 0.05) is 25.6 Å². The molecule has 0 radical (unpaired) electrons. The van der Waals surface area contributed by atoms with E-state index in [4.69, 9.17) is 25.8 Å². The lowest BCUT2D eigenvalue weighted by Gasteiger charge is -2.26. The smallest absolute Gasteiger partial charge is 0.434 e. The lowest BCUT2D eigenvalue weighted by Crippen LogP contribution is -2.41. The average molecular weight is 863 g/mol. The van der Waals surface area contributed by atoms with E-state index in [-0.39, 0.29) is 34.7 Å². The second-order valence-corrected chi connectivity index (χ2v) is 14.4. The number of aromatic nitrogens is 1. The summed E-state index contributed by atoms with van der Waals surface area (Å²) in [5.74, 6) is -0.362. The summed E-state index contributed by atoms with van der Waals surface area (Å²) in [5, 5.41) is 0.323. The fourth-order valence-corrected chi connectivity index (χ4v) is 6.93. The summed E-state index contributed by atoms with van der Waals surface area (Å²) in [5.41, 5.74) is -0.378. The van der Waals surface area contributed by atoms with Gasteiger partial charge in [0.1, 0.15) is 24.7 Å². The summed E-state index contributed by atoms with van der Waals surface area (Å²) < 4.78 is 63.9. The molecule has 2 heterocycles. The number of rotatable bonds is 10. The van der Waals surface area contributed by atoms with E-state index in [1.54, 1.807) is 18.2 Å². The first-order valence-corrected chi connectivity index (χ1v) is 18.1. The average Bonchev–Trinajstić information content (AvgIpc) is 3.42. The van der Waals surface area contributed by atoms with Crippen molar-refractivity contribution in [3.05, 3.63) is 158 Å². The molecule has 0 bridgehead atoms. The van der Waals surface area contributed by atoms with Gasteiger partial charge >= 0.3 is 12.1 Å². The van der Waals surface area contributed by atoms with Gasteiger partial charge in [-0.1, -0.05) is 91.2 Å². The molecule has 51 heavy (non-hydrogen) atoms. The van der Waals surface area contributed by atoms with Crippen molar-refractivity contribution in [2.45, 2.75) is 32.4 Å². The zero-order valence-corrected chi connectivity index (χ0v) is 31.3. The molecule has 5 aromatic rings. The number of ether oxygens (including phenoxy) is 3. The lowest BCUT2D eigenvalue weighted by atomic mass is 9.95. The number of carbonyl (C=O) groups is 1. The zero-order valence-electron chi connectivity index (χ0n) is 26.5. The monoisotopic (exact) mass is 860 g/mol. The van der Waals surface area contributed by atoms with E-state index in [2.05, 4.69) is 36.9 Å². The standard InChI is InChI=1S/C37H26Br2ClF3N2O5S/c1-2-48-35(47)31-32(23-7-14-27(40)15-8-23)45-34(46)30(51-36(45)44-33(31)37(41,42)43)17-24-9-16-28(49-19-21-3-10-25(38)11-4-21)18-29(24)50-20-22-5-12-26(39)13-6-22/h3-18,32H,2,19-20H2,1H3/b30-17+/t32-/m0/s1. The number of benzene rings is 4. The fourth-order valence-electron chi connectivity index (χ4n) is 5.28. The predicted molar refractivity (Wildman–Crippen MR) is 196 cm³/mol. The Morgan fingerprint density at radius 1 is 0.922 bits per heavy atom. The molecule has 0 aliphatic carbocycles. The maximum Gasteiger partial charge on any atom is 0.434 e. The number of hydrogen-bond acceptors (Lipinski definition) is 7. The highest BCUT2D eigenvalue weighted by Gasteiger charge is 2.45. The zero-order chi connectivity index (χ0) is 36.3. The van der Waals surface area contributed by atoms with Gasteiger partial charge in [-0.15, -0.1) is 0 Å². The highest BCUT2D eigenvalue weighted by molar-refractivity contribution is 9.10. The molecule has 0 spiro atoms. The van der Waals surface area contributed by atoms with Gasteiger partial charge < -0.3 is 14.2 Å². The molecule has 1 atom stereocenters.